The van der Waals surface area contributed by atoms with Crippen molar-refractivity contribution in [1.82, 2.24) is 0 Å². The number of rotatable bonds is 0. The Balaban J connectivity index is -0.000000107. The third-order valence-corrected chi connectivity index (χ3v) is 0. The molecule has 0 nitrogen and oxygen atoms in total. The summed E-state index contributed by atoms with van der Waals surface area (Å²) >= 11 is 0. The van der Waals surface area contributed by atoms with Gasteiger partial charge in [-0.1, -0.05) is 0 Å². The van der Waals surface area contributed by atoms with Crippen molar-refractivity contribution >= 4 is 13.5 Å². The molecule has 0 saturated heterocycles. The van der Waals surface area contributed by atoms with E-state index in [2.05, 4.69) is 0 Å². The first-order valence-electron chi connectivity index (χ1n) is 2.13. The maximum Gasteiger partial charge on any atom is 0.386 e. The Hall–Kier alpha value is -0.0700. The molecule has 0 aromatic carbocycles. The minimum Gasteiger partial charge on any atom is -0.197 e. The highest BCUT2D eigenvalue weighted by Gasteiger charge is 2.16. The molecule has 0 unspecified atom stereocenters. The van der Waals surface area contributed by atoms with Gasteiger partial charge in [0.05, 0.1) is 0 Å². The van der Waals surface area contributed by atoms with Gasteiger partial charge in [-0.25, -0.2) is 0 Å². The van der Waals surface area contributed by atoms with Crippen molar-refractivity contribution in [3.63, 3.8) is 0 Å². The Morgan fingerprint density at radius 3 is 0.636 bits per heavy atom. The van der Waals surface area contributed by atoms with E-state index in [-0.39, 0.29) is 27.3 Å². The summed E-state index contributed by atoms with van der Waals surface area (Å²) in [5.74, 6) is 0. The molecule has 0 aliphatic carbocycles. The molecular weight excluding hydrogens is 194 g/mol. The quantitative estimate of drug-likeness (QED) is 0.529. The summed E-state index contributed by atoms with van der Waals surface area (Å²) in [6, 6.07) is 0. The molecular formula is C4H8F6S. The van der Waals surface area contributed by atoms with Gasteiger partial charge in [0.2, 0.25) is 0 Å². The van der Waals surface area contributed by atoms with Crippen LogP contribution in [0.4, 0.5) is 26.3 Å². The molecule has 0 aromatic rings. The molecule has 0 aliphatic rings. The van der Waals surface area contributed by atoms with Gasteiger partial charge in [0.25, 0.3) is 0 Å². The average Bonchev–Trinajstić information content (AvgIpc) is 1.12. The molecule has 7 heteroatoms. The van der Waals surface area contributed by atoms with Gasteiger partial charge in [-0.05, 0) is 0 Å². The van der Waals surface area contributed by atoms with Gasteiger partial charge in [-0.3, -0.25) is 0 Å². The second kappa shape index (κ2) is 5.56. The van der Waals surface area contributed by atoms with E-state index >= 15 is 0 Å². The van der Waals surface area contributed by atoms with Gasteiger partial charge in [-0.2, -0.15) is 39.8 Å². The fourth-order valence-electron chi connectivity index (χ4n) is 0. The van der Waals surface area contributed by atoms with Crippen molar-refractivity contribution in [3.05, 3.63) is 0 Å². The second-order valence-corrected chi connectivity index (χ2v) is 1.56. The van der Waals surface area contributed by atoms with Crippen LogP contribution in [0.1, 0.15) is 13.8 Å². The van der Waals surface area contributed by atoms with Gasteiger partial charge in [0.15, 0.2) is 0 Å². The van der Waals surface area contributed by atoms with Crippen molar-refractivity contribution in [2.45, 2.75) is 26.2 Å². The molecule has 0 spiro atoms. The van der Waals surface area contributed by atoms with Crippen LogP contribution >= 0.6 is 13.5 Å². The lowest BCUT2D eigenvalue weighted by Gasteiger charge is -1.88. The molecule has 0 bridgehead atoms. The molecule has 0 saturated carbocycles. The van der Waals surface area contributed by atoms with E-state index in [9.17, 15) is 26.3 Å². The number of halogens is 6. The van der Waals surface area contributed by atoms with E-state index in [1.807, 2.05) is 0 Å². The highest BCUT2D eigenvalue weighted by atomic mass is 32.1. The van der Waals surface area contributed by atoms with Crippen molar-refractivity contribution in [2.75, 3.05) is 0 Å². The number of alkyl halides is 6. The van der Waals surface area contributed by atoms with Crippen LogP contribution in [0.25, 0.3) is 0 Å². The topological polar surface area (TPSA) is 0 Å². The second-order valence-electron chi connectivity index (χ2n) is 1.56. The molecule has 0 aromatic heterocycles. The first-order chi connectivity index (χ1) is 4.00. The Morgan fingerprint density at radius 2 is 0.636 bits per heavy atom. The van der Waals surface area contributed by atoms with Crippen LogP contribution < -0.4 is 0 Å². The smallest absolute Gasteiger partial charge is 0.197 e. The zero-order valence-corrected chi connectivity index (χ0v) is 6.77. The molecule has 0 radical (unpaired) electrons. The summed E-state index contributed by atoms with van der Waals surface area (Å²) in [5, 5.41) is 0. The van der Waals surface area contributed by atoms with Gasteiger partial charge in [0.1, 0.15) is 0 Å². The molecule has 0 fully saturated rings. The fraction of sp³-hybridized carbons (Fsp3) is 1.00. The summed E-state index contributed by atoms with van der Waals surface area (Å²) in [4.78, 5) is 0. The molecule has 0 N–H and O–H groups in total. The summed E-state index contributed by atoms with van der Waals surface area (Å²) in [7, 11) is 0. The van der Waals surface area contributed by atoms with Crippen molar-refractivity contribution < 1.29 is 26.3 Å². The molecule has 0 aliphatic heterocycles. The highest BCUT2D eigenvalue weighted by Crippen LogP contribution is 2.10. The zero-order chi connectivity index (χ0) is 9.00. The maximum atomic E-state index is 10.4. The van der Waals surface area contributed by atoms with Crippen molar-refractivity contribution in [2.24, 2.45) is 0 Å². The van der Waals surface area contributed by atoms with Gasteiger partial charge < -0.3 is 0 Å². The van der Waals surface area contributed by atoms with Gasteiger partial charge >= 0.3 is 12.4 Å². The molecule has 72 valence electrons. The van der Waals surface area contributed by atoms with E-state index in [4.69, 9.17) is 0 Å². The fourth-order valence-corrected chi connectivity index (χ4v) is 0. The molecule has 0 amide bonds. The Kier molecular flexibility index (Phi) is 8.67. The van der Waals surface area contributed by atoms with E-state index in [1.54, 1.807) is 0 Å². The van der Waals surface area contributed by atoms with E-state index in [0.29, 0.717) is 0 Å². The van der Waals surface area contributed by atoms with Crippen molar-refractivity contribution in [1.29, 1.82) is 0 Å². The Morgan fingerprint density at radius 1 is 0.636 bits per heavy atom. The standard InChI is InChI=1S/2C2H3F3.H2S/c2*1-2(3,4)5;/h2*1H3;1H2. The lowest BCUT2D eigenvalue weighted by molar-refractivity contribution is -0.111. The van der Waals surface area contributed by atoms with Gasteiger partial charge in [-0.15, -0.1) is 0 Å². The van der Waals surface area contributed by atoms with Crippen LogP contribution in [-0.2, 0) is 0 Å². The maximum absolute atomic E-state index is 10.4. The van der Waals surface area contributed by atoms with Crippen LogP contribution in [-0.4, -0.2) is 12.4 Å². The minimum absolute atomic E-state index is 0. The minimum atomic E-state index is -4.00. The van der Waals surface area contributed by atoms with Crippen LogP contribution in [0, 0.1) is 0 Å². The van der Waals surface area contributed by atoms with Crippen LogP contribution in [0.5, 0.6) is 0 Å². The monoisotopic (exact) mass is 202 g/mol. The van der Waals surface area contributed by atoms with E-state index in [0.717, 1.165) is 0 Å². The van der Waals surface area contributed by atoms with Crippen molar-refractivity contribution in [3.8, 4) is 0 Å². The number of hydrogen-bond acceptors (Lipinski definition) is 0. The zero-order valence-electron chi connectivity index (χ0n) is 5.77. The van der Waals surface area contributed by atoms with E-state index in [1.165, 1.54) is 0 Å². The predicted molar refractivity (Wildman–Crippen MR) is 33.8 cm³/mol. The van der Waals surface area contributed by atoms with Crippen LogP contribution in [0.2, 0.25) is 0 Å². The molecule has 0 heterocycles. The van der Waals surface area contributed by atoms with E-state index < -0.39 is 12.4 Å². The number of hydrogen-bond donors (Lipinski definition) is 0. The third kappa shape index (κ3) is 127000. The summed E-state index contributed by atoms with van der Waals surface area (Å²) in [5.41, 5.74) is 0. The van der Waals surface area contributed by atoms with Gasteiger partial charge in [0, 0.05) is 13.8 Å². The lowest BCUT2D eigenvalue weighted by atomic mass is 10.8. The largest absolute Gasteiger partial charge is 0.386 e. The lowest BCUT2D eigenvalue weighted by Crippen LogP contribution is -1.95. The Labute approximate surface area is 67.0 Å². The summed E-state index contributed by atoms with van der Waals surface area (Å²) in [6.07, 6.45) is -8.00. The predicted octanol–water partition coefficient (Wildman–Crippen LogP) is 3.25. The van der Waals surface area contributed by atoms with Crippen LogP contribution in [0.3, 0.4) is 0 Å². The first kappa shape index (κ1) is 17.1. The third-order valence-electron chi connectivity index (χ3n) is 0. The SMILES string of the molecule is CC(F)(F)F.CC(F)(F)F.S. The molecule has 11 heavy (non-hydrogen) atoms. The average molecular weight is 202 g/mol. The first-order valence-corrected chi connectivity index (χ1v) is 2.13. The summed E-state index contributed by atoms with van der Waals surface area (Å²) < 4.78 is 62.1. The normalized spacial score (nSPS) is 10.9. The highest BCUT2D eigenvalue weighted by molar-refractivity contribution is 7.59. The molecule has 0 atom stereocenters. The Bertz CT molecular complexity index is 57.6. The van der Waals surface area contributed by atoms with Crippen LogP contribution in [0.15, 0.2) is 0 Å². The summed E-state index contributed by atoms with van der Waals surface area (Å²) in [6.45, 7) is 0.375. The molecule has 0 rings (SSSR count).